The van der Waals surface area contributed by atoms with Crippen LogP contribution in [-0.2, 0) is 4.74 Å². The van der Waals surface area contributed by atoms with Gasteiger partial charge >= 0.3 is 0 Å². The molecule has 0 amide bonds. The Morgan fingerprint density at radius 2 is 1.83 bits per heavy atom. The van der Waals surface area contributed by atoms with Crippen LogP contribution in [-0.4, -0.2) is 81.8 Å². The monoisotopic (exact) mass is 431 g/mol. The molecule has 2 aliphatic rings. The van der Waals surface area contributed by atoms with Crippen LogP contribution in [0.15, 0.2) is 46.8 Å². The zero-order chi connectivity index (χ0) is 20.8. The number of hydrogen-bond acceptors (Lipinski definition) is 5. The number of thiophene rings is 1. The molecule has 162 valence electrons. The fraction of sp³-hybridized carbons (Fsp3) is 0.500. The van der Waals surface area contributed by atoms with Crippen LogP contribution in [0.4, 0.5) is 9.39 Å². The molecular weight excluding hydrogens is 401 g/mol. The molecule has 1 atom stereocenters. The summed E-state index contributed by atoms with van der Waals surface area (Å²) >= 11 is 1.79. The first-order valence-electron chi connectivity index (χ1n) is 10.6. The molecule has 8 heteroatoms. The first-order chi connectivity index (χ1) is 14.7. The van der Waals surface area contributed by atoms with Gasteiger partial charge in [0, 0.05) is 52.9 Å². The molecular formula is C22H30FN5OS. The molecule has 3 heterocycles. The van der Waals surface area contributed by atoms with E-state index in [-0.39, 0.29) is 11.9 Å². The lowest BCUT2D eigenvalue weighted by atomic mass is 10.0. The van der Waals surface area contributed by atoms with Crippen molar-refractivity contribution in [2.45, 2.75) is 6.04 Å². The number of nitrogens with zero attached hydrogens (tertiary/aromatic N) is 4. The van der Waals surface area contributed by atoms with Gasteiger partial charge in [0.2, 0.25) is 0 Å². The molecule has 0 spiro atoms. The van der Waals surface area contributed by atoms with E-state index >= 15 is 0 Å². The van der Waals surface area contributed by atoms with E-state index in [2.05, 4.69) is 42.5 Å². The van der Waals surface area contributed by atoms with Gasteiger partial charge in [0.05, 0.1) is 24.3 Å². The third kappa shape index (κ3) is 5.11. The van der Waals surface area contributed by atoms with Gasteiger partial charge in [-0.2, -0.15) is 0 Å². The fourth-order valence-electron chi connectivity index (χ4n) is 4.14. The molecule has 0 aliphatic carbocycles. The quantitative estimate of drug-likeness (QED) is 0.583. The first kappa shape index (κ1) is 21.1. The van der Waals surface area contributed by atoms with E-state index in [0.717, 1.165) is 70.6 Å². The minimum absolute atomic E-state index is 0.152. The summed E-state index contributed by atoms with van der Waals surface area (Å²) in [6, 6.07) is 11.3. The lowest BCUT2D eigenvalue weighted by Crippen LogP contribution is -2.53. The summed E-state index contributed by atoms with van der Waals surface area (Å²) in [5.74, 6) is 0.730. The highest BCUT2D eigenvalue weighted by Gasteiger charge is 2.25. The lowest BCUT2D eigenvalue weighted by molar-refractivity contribution is 0.0168. The zero-order valence-corrected chi connectivity index (χ0v) is 18.3. The maximum Gasteiger partial charge on any atom is 0.193 e. The van der Waals surface area contributed by atoms with E-state index in [0.29, 0.717) is 0 Å². The molecule has 1 aromatic carbocycles. The summed E-state index contributed by atoms with van der Waals surface area (Å²) in [5, 5.41) is 7.05. The maximum atomic E-state index is 13.5. The van der Waals surface area contributed by atoms with Crippen molar-refractivity contribution in [3.63, 3.8) is 0 Å². The normalized spacial score (nSPS) is 19.7. The Morgan fingerprint density at radius 1 is 1.10 bits per heavy atom. The van der Waals surface area contributed by atoms with Crippen molar-refractivity contribution in [3.05, 3.63) is 53.2 Å². The highest BCUT2D eigenvalue weighted by Crippen LogP contribution is 2.23. The van der Waals surface area contributed by atoms with Gasteiger partial charge in [0.15, 0.2) is 5.96 Å². The molecule has 2 aromatic rings. The Kier molecular flexibility index (Phi) is 7.20. The Labute approximate surface area is 182 Å². The van der Waals surface area contributed by atoms with Crippen LogP contribution >= 0.6 is 11.3 Å². The SMILES string of the molecule is CN=C(NCC(c1ccc(F)cc1)N1CCOCC1)N1CCN(c2cccs2)CC1. The maximum absolute atomic E-state index is 13.5. The number of anilines is 1. The van der Waals surface area contributed by atoms with Gasteiger partial charge in [-0.3, -0.25) is 9.89 Å². The summed E-state index contributed by atoms with van der Waals surface area (Å²) in [6.07, 6.45) is 0. The van der Waals surface area contributed by atoms with E-state index in [1.165, 1.54) is 5.00 Å². The number of morpholine rings is 1. The molecule has 2 fully saturated rings. The summed E-state index contributed by atoms with van der Waals surface area (Å²) < 4.78 is 19.0. The van der Waals surface area contributed by atoms with Crippen LogP contribution in [0.1, 0.15) is 11.6 Å². The van der Waals surface area contributed by atoms with Gasteiger partial charge in [-0.25, -0.2) is 4.39 Å². The van der Waals surface area contributed by atoms with Crippen molar-refractivity contribution in [1.82, 2.24) is 15.1 Å². The van der Waals surface area contributed by atoms with Gasteiger partial charge in [0.25, 0.3) is 0 Å². The molecule has 0 saturated carbocycles. The smallest absolute Gasteiger partial charge is 0.193 e. The predicted octanol–water partition coefficient (Wildman–Crippen LogP) is 2.66. The molecule has 2 saturated heterocycles. The molecule has 30 heavy (non-hydrogen) atoms. The second-order valence-electron chi connectivity index (χ2n) is 7.57. The third-order valence-electron chi connectivity index (χ3n) is 5.80. The van der Waals surface area contributed by atoms with E-state index in [9.17, 15) is 4.39 Å². The molecule has 6 nitrogen and oxygen atoms in total. The van der Waals surface area contributed by atoms with Crippen LogP contribution < -0.4 is 10.2 Å². The number of halogens is 1. The predicted molar refractivity (Wildman–Crippen MR) is 121 cm³/mol. The lowest BCUT2D eigenvalue weighted by Gasteiger charge is -2.39. The number of guanidine groups is 1. The number of piperazine rings is 1. The van der Waals surface area contributed by atoms with Crippen LogP contribution in [0.2, 0.25) is 0 Å². The Bertz CT molecular complexity index is 799. The van der Waals surface area contributed by atoms with E-state index in [4.69, 9.17) is 4.74 Å². The van der Waals surface area contributed by atoms with E-state index < -0.39 is 0 Å². The van der Waals surface area contributed by atoms with Gasteiger partial charge in [-0.15, -0.1) is 11.3 Å². The fourth-order valence-corrected chi connectivity index (χ4v) is 4.93. The highest BCUT2D eigenvalue weighted by molar-refractivity contribution is 7.14. The van der Waals surface area contributed by atoms with Crippen LogP contribution in [0, 0.1) is 5.82 Å². The number of aliphatic imine (C=N–C) groups is 1. The second kappa shape index (κ2) is 10.2. The summed E-state index contributed by atoms with van der Waals surface area (Å²) in [5.41, 5.74) is 1.11. The van der Waals surface area contributed by atoms with Crippen molar-refractivity contribution < 1.29 is 9.13 Å². The number of hydrogen-bond donors (Lipinski definition) is 1. The molecule has 2 aliphatic heterocycles. The zero-order valence-electron chi connectivity index (χ0n) is 17.5. The van der Waals surface area contributed by atoms with Crippen molar-refractivity contribution in [2.75, 3.05) is 71.0 Å². The average molecular weight is 432 g/mol. The minimum Gasteiger partial charge on any atom is -0.379 e. The molecule has 4 rings (SSSR count). The van der Waals surface area contributed by atoms with Crippen molar-refractivity contribution in [1.29, 1.82) is 0 Å². The van der Waals surface area contributed by atoms with Gasteiger partial charge < -0.3 is 19.9 Å². The largest absolute Gasteiger partial charge is 0.379 e. The molecule has 0 radical (unpaired) electrons. The number of rotatable bonds is 5. The summed E-state index contributed by atoms with van der Waals surface area (Å²) in [7, 11) is 1.84. The molecule has 1 N–H and O–H groups in total. The van der Waals surface area contributed by atoms with E-state index in [1.807, 2.05) is 19.2 Å². The van der Waals surface area contributed by atoms with Crippen LogP contribution in [0.25, 0.3) is 0 Å². The number of ether oxygens (including phenoxy) is 1. The topological polar surface area (TPSA) is 43.3 Å². The van der Waals surface area contributed by atoms with Gasteiger partial charge in [-0.05, 0) is 35.2 Å². The standard InChI is InChI=1S/C22H30FN5OS/c1-24-22(28-10-8-27(9-11-28)21-3-2-16-30-21)25-17-20(26-12-14-29-15-13-26)18-4-6-19(23)7-5-18/h2-7,16,20H,8-15,17H2,1H3,(H,24,25). The highest BCUT2D eigenvalue weighted by atomic mass is 32.1. The first-order valence-corrected chi connectivity index (χ1v) is 11.4. The Hall–Kier alpha value is -2.16. The van der Waals surface area contributed by atoms with Crippen molar-refractivity contribution in [2.24, 2.45) is 4.99 Å². The van der Waals surface area contributed by atoms with Gasteiger partial charge in [0.1, 0.15) is 5.82 Å². The number of benzene rings is 1. The number of nitrogens with one attached hydrogen (secondary N) is 1. The average Bonchev–Trinajstić information content (AvgIpc) is 3.34. The molecule has 1 unspecified atom stereocenters. The van der Waals surface area contributed by atoms with Crippen LogP contribution in [0.3, 0.4) is 0 Å². The van der Waals surface area contributed by atoms with Crippen molar-refractivity contribution >= 4 is 22.3 Å². The Morgan fingerprint density at radius 3 is 2.47 bits per heavy atom. The molecule has 0 bridgehead atoms. The second-order valence-corrected chi connectivity index (χ2v) is 8.50. The van der Waals surface area contributed by atoms with Gasteiger partial charge in [-0.1, -0.05) is 12.1 Å². The summed E-state index contributed by atoms with van der Waals surface area (Å²) in [4.78, 5) is 11.7. The van der Waals surface area contributed by atoms with Crippen LogP contribution in [0.5, 0.6) is 0 Å². The Balaban J connectivity index is 1.38. The molecule has 1 aromatic heterocycles. The summed E-state index contributed by atoms with van der Waals surface area (Å²) in [6.45, 7) is 7.81. The van der Waals surface area contributed by atoms with E-state index in [1.54, 1.807) is 23.5 Å². The third-order valence-corrected chi connectivity index (χ3v) is 6.73. The van der Waals surface area contributed by atoms with Crippen molar-refractivity contribution in [3.8, 4) is 0 Å². The minimum atomic E-state index is -0.202.